The van der Waals surface area contributed by atoms with Crippen LogP contribution in [-0.2, 0) is 4.79 Å². The maximum Gasteiger partial charge on any atom is 0.226 e. The number of alkyl halides is 1. The topological polar surface area (TPSA) is 29.5 Å². The molecule has 1 amide bonds. The normalized spacial score (nSPS) is 22.6. The number of rotatable bonds is 4. The summed E-state index contributed by atoms with van der Waals surface area (Å²) in [6, 6.07) is 7.91. The van der Waals surface area contributed by atoms with Crippen molar-refractivity contribution in [2.45, 2.75) is 31.5 Å². The number of carbonyl (C=O) groups is 1. The van der Waals surface area contributed by atoms with Gasteiger partial charge in [-0.2, -0.15) is 0 Å². The summed E-state index contributed by atoms with van der Waals surface area (Å²) in [5.74, 6) is 1.56. The molecule has 2 rings (SSSR count). The molecule has 1 aromatic rings. The lowest BCUT2D eigenvalue weighted by atomic mass is 10.00. The maximum absolute atomic E-state index is 12.1. The molecule has 1 aromatic carbocycles. The summed E-state index contributed by atoms with van der Waals surface area (Å²) in [5, 5.41) is 0. The largest absolute Gasteiger partial charge is 0.493 e. The number of carbonyl (C=O) groups excluding carboxylic acids is 1. The second kappa shape index (κ2) is 7.11. The molecule has 110 valence electrons. The van der Waals surface area contributed by atoms with Crippen molar-refractivity contribution in [2.24, 2.45) is 5.92 Å². The number of halogens is 1. The molecule has 2 unspecified atom stereocenters. The van der Waals surface area contributed by atoms with Crippen molar-refractivity contribution >= 4 is 21.8 Å². The van der Waals surface area contributed by atoms with Crippen LogP contribution in [0, 0.1) is 12.8 Å². The minimum absolute atomic E-state index is 0.198. The number of hydrogen-bond acceptors (Lipinski definition) is 2. The van der Waals surface area contributed by atoms with E-state index in [2.05, 4.69) is 22.9 Å². The highest BCUT2D eigenvalue weighted by Gasteiger charge is 2.26. The molecule has 0 aliphatic carbocycles. The second-order valence-electron chi connectivity index (χ2n) is 5.54. The molecular weight excluding hydrogens is 318 g/mol. The van der Waals surface area contributed by atoms with Gasteiger partial charge in [-0.3, -0.25) is 4.79 Å². The smallest absolute Gasteiger partial charge is 0.226 e. The first-order chi connectivity index (χ1) is 9.56. The Labute approximate surface area is 129 Å². The number of hydrogen-bond donors (Lipinski definition) is 0. The quantitative estimate of drug-likeness (QED) is 0.787. The Bertz CT molecular complexity index is 464. The van der Waals surface area contributed by atoms with Crippen molar-refractivity contribution in [3.63, 3.8) is 0 Å². The molecule has 0 spiro atoms. The molecule has 4 heteroatoms. The Hall–Kier alpha value is -1.03. The predicted molar refractivity (Wildman–Crippen MR) is 84.4 cm³/mol. The van der Waals surface area contributed by atoms with E-state index in [-0.39, 0.29) is 5.91 Å². The Balaban J connectivity index is 1.75. The van der Waals surface area contributed by atoms with E-state index in [0.717, 1.165) is 25.3 Å². The molecular formula is C16H22BrNO2. The molecule has 0 aromatic heterocycles. The van der Waals surface area contributed by atoms with Crippen molar-refractivity contribution in [3.05, 3.63) is 29.8 Å². The fourth-order valence-corrected chi connectivity index (χ4v) is 2.83. The maximum atomic E-state index is 12.1. The van der Waals surface area contributed by atoms with Gasteiger partial charge in [0.1, 0.15) is 5.75 Å². The van der Waals surface area contributed by atoms with Gasteiger partial charge in [0.25, 0.3) is 0 Å². The van der Waals surface area contributed by atoms with Crippen LogP contribution in [0.3, 0.4) is 0 Å². The van der Waals surface area contributed by atoms with Gasteiger partial charge in [0, 0.05) is 17.9 Å². The highest BCUT2D eigenvalue weighted by molar-refractivity contribution is 9.09. The molecule has 1 saturated heterocycles. The average Bonchev–Trinajstić information content (AvgIpc) is 2.42. The Morgan fingerprint density at radius 2 is 2.30 bits per heavy atom. The SMILES string of the molecule is Cc1cccc(OCCC(=O)N2CCC(Br)C(C)C2)c1. The third-order valence-corrected chi connectivity index (χ3v) is 5.09. The van der Waals surface area contributed by atoms with Crippen molar-refractivity contribution in [3.8, 4) is 5.75 Å². The lowest BCUT2D eigenvalue weighted by molar-refractivity contribution is -0.133. The fourth-order valence-electron chi connectivity index (χ4n) is 2.46. The van der Waals surface area contributed by atoms with E-state index in [9.17, 15) is 4.79 Å². The van der Waals surface area contributed by atoms with Gasteiger partial charge in [0.15, 0.2) is 0 Å². The summed E-state index contributed by atoms with van der Waals surface area (Å²) in [7, 11) is 0. The molecule has 3 nitrogen and oxygen atoms in total. The molecule has 20 heavy (non-hydrogen) atoms. The van der Waals surface area contributed by atoms with Crippen molar-refractivity contribution in [1.82, 2.24) is 4.90 Å². The molecule has 1 aliphatic rings. The molecule has 0 radical (unpaired) electrons. The first-order valence-electron chi connectivity index (χ1n) is 7.17. The van der Waals surface area contributed by atoms with E-state index in [4.69, 9.17) is 4.74 Å². The summed E-state index contributed by atoms with van der Waals surface area (Å²) < 4.78 is 5.64. The second-order valence-corrected chi connectivity index (χ2v) is 6.71. The average molecular weight is 340 g/mol. The molecule has 0 saturated carbocycles. The van der Waals surface area contributed by atoms with Crippen LogP contribution < -0.4 is 4.74 Å². The van der Waals surface area contributed by atoms with E-state index in [1.807, 2.05) is 36.1 Å². The number of likely N-dealkylation sites (tertiary alicyclic amines) is 1. The monoisotopic (exact) mass is 339 g/mol. The van der Waals surface area contributed by atoms with Crippen LogP contribution in [0.4, 0.5) is 0 Å². The predicted octanol–water partition coefficient (Wildman–Crippen LogP) is 3.40. The van der Waals surface area contributed by atoms with Gasteiger partial charge < -0.3 is 9.64 Å². The van der Waals surface area contributed by atoms with Crippen LogP contribution in [0.5, 0.6) is 5.75 Å². The van der Waals surface area contributed by atoms with Crippen molar-refractivity contribution in [1.29, 1.82) is 0 Å². The lowest BCUT2D eigenvalue weighted by Crippen LogP contribution is -2.43. The molecule has 0 N–H and O–H groups in total. The summed E-state index contributed by atoms with van der Waals surface area (Å²) in [6.07, 6.45) is 1.49. The number of nitrogens with zero attached hydrogens (tertiary/aromatic N) is 1. The number of amides is 1. The molecule has 1 aliphatic heterocycles. The summed E-state index contributed by atoms with van der Waals surface area (Å²) in [4.78, 5) is 14.6. The Kier molecular flexibility index (Phi) is 5.46. The lowest BCUT2D eigenvalue weighted by Gasteiger charge is -2.34. The number of aryl methyl sites for hydroxylation is 1. The van der Waals surface area contributed by atoms with E-state index in [0.29, 0.717) is 23.8 Å². The number of benzene rings is 1. The standard InChI is InChI=1S/C16H22BrNO2/c1-12-4-3-5-14(10-12)20-9-7-16(19)18-8-6-15(17)13(2)11-18/h3-5,10,13,15H,6-9,11H2,1-2H3. The Morgan fingerprint density at radius 3 is 3.00 bits per heavy atom. The zero-order chi connectivity index (χ0) is 14.5. The van der Waals surface area contributed by atoms with Gasteiger partial charge in [-0.1, -0.05) is 35.0 Å². The third-order valence-electron chi connectivity index (χ3n) is 3.73. The molecule has 1 fully saturated rings. The third kappa shape index (κ3) is 4.23. The van der Waals surface area contributed by atoms with E-state index < -0.39 is 0 Å². The number of ether oxygens (including phenoxy) is 1. The van der Waals surface area contributed by atoms with Crippen LogP contribution in [0.15, 0.2) is 24.3 Å². The minimum atomic E-state index is 0.198. The fraction of sp³-hybridized carbons (Fsp3) is 0.562. The van der Waals surface area contributed by atoms with Gasteiger partial charge in [-0.15, -0.1) is 0 Å². The number of piperidine rings is 1. The van der Waals surface area contributed by atoms with E-state index in [1.165, 1.54) is 5.56 Å². The first-order valence-corrected chi connectivity index (χ1v) is 8.09. The summed E-state index contributed by atoms with van der Waals surface area (Å²) >= 11 is 3.66. The molecule has 0 bridgehead atoms. The molecule has 1 heterocycles. The highest BCUT2D eigenvalue weighted by atomic mass is 79.9. The van der Waals surface area contributed by atoms with E-state index >= 15 is 0 Å². The zero-order valence-corrected chi connectivity index (χ0v) is 13.7. The van der Waals surface area contributed by atoms with Gasteiger partial charge in [0.2, 0.25) is 5.91 Å². The van der Waals surface area contributed by atoms with Crippen LogP contribution >= 0.6 is 15.9 Å². The van der Waals surface area contributed by atoms with E-state index in [1.54, 1.807) is 0 Å². The molecule has 2 atom stereocenters. The summed E-state index contributed by atoms with van der Waals surface area (Å²) in [6.45, 7) is 6.36. The Morgan fingerprint density at radius 1 is 1.50 bits per heavy atom. The first kappa shape index (κ1) is 15.4. The van der Waals surface area contributed by atoms with Gasteiger partial charge in [0.05, 0.1) is 13.0 Å². The van der Waals surface area contributed by atoms with Crippen LogP contribution in [0.1, 0.15) is 25.3 Å². The highest BCUT2D eigenvalue weighted by Crippen LogP contribution is 2.23. The van der Waals surface area contributed by atoms with Gasteiger partial charge in [-0.05, 0) is 37.0 Å². The van der Waals surface area contributed by atoms with Crippen molar-refractivity contribution in [2.75, 3.05) is 19.7 Å². The minimum Gasteiger partial charge on any atom is -0.493 e. The van der Waals surface area contributed by atoms with Crippen molar-refractivity contribution < 1.29 is 9.53 Å². The van der Waals surface area contributed by atoms with Crippen LogP contribution in [0.2, 0.25) is 0 Å². The van der Waals surface area contributed by atoms with Crippen LogP contribution in [0.25, 0.3) is 0 Å². The summed E-state index contributed by atoms with van der Waals surface area (Å²) in [5.41, 5.74) is 1.17. The van der Waals surface area contributed by atoms with Crippen LogP contribution in [-0.4, -0.2) is 35.3 Å². The zero-order valence-electron chi connectivity index (χ0n) is 12.1. The van der Waals surface area contributed by atoms with Gasteiger partial charge in [-0.25, -0.2) is 0 Å². The van der Waals surface area contributed by atoms with Gasteiger partial charge >= 0.3 is 0 Å².